The van der Waals surface area contributed by atoms with Crippen LogP contribution < -0.4 is 5.56 Å². The summed E-state index contributed by atoms with van der Waals surface area (Å²) in [4.78, 5) is 100. The molecule has 11 atom stereocenters. The summed E-state index contributed by atoms with van der Waals surface area (Å²) in [5.74, 6) is -6.09. The molecule has 0 bridgehead atoms. The zero-order valence-electron chi connectivity index (χ0n) is 34.6. The summed E-state index contributed by atoms with van der Waals surface area (Å²) in [7, 11) is 0. The Labute approximate surface area is 356 Å². The van der Waals surface area contributed by atoms with Gasteiger partial charge in [-0.25, -0.2) is 0 Å². The number of hydrogen-bond acceptors (Lipinski definition) is 23. The minimum Gasteiger partial charge on any atom is -0.463 e. The highest BCUT2D eigenvalue weighted by Crippen LogP contribution is 2.37. The second-order valence-electron chi connectivity index (χ2n) is 13.8. The summed E-state index contributed by atoms with van der Waals surface area (Å²) in [5.41, 5.74) is -0.0113. The number of carbonyl (C=O) groups excluding carboxylic acids is 7. The normalized spacial score (nSPS) is 26.3. The van der Waals surface area contributed by atoms with E-state index >= 15 is 0 Å². The number of nitrogens with zero attached hydrogens (tertiary/aromatic N) is 4. The minimum absolute atomic E-state index is 0.0716. The molecule has 0 N–H and O–H groups in total. The number of aryl methyl sites for hydroxylation is 1. The lowest BCUT2D eigenvalue weighted by atomic mass is 9.97. The summed E-state index contributed by atoms with van der Waals surface area (Å²) in [5, 5.41) is 12.6. The van der Waals surface area contributed by atoms with E-state index in [2.05, 4.69) is 15.3 Å². The van der Waals surface area contributed by atoms with Crippen LogP contribution in [0.15, 0.2) is 35.1 Å². The van der Waals surface area contributed by atoms with Crippen molar-refractivity contribution in [3.05, 3.63) is 57.0 Å². The molecule has 4 heterocycles. The van der Waals surface area contributed by atoms with Gasteiger partial charge < -0.3 is 52.1 Å². The van der Waals surface area contributed by atoms with Crippen LogP contribution in [-0.4, -0.2) is 136 Å². The molecule has 2 aliphatic rings. The molecule has 2 aromatic heterocycles. The Bertz CT molecular complexity index is 2200. The summed E-state index contributed by atoms with van der Waals surface area (Å²) in [6, 6.07) is 8.48. The van der Waals surface area contributed by atoms with Gasteiger partial charge in [0.1, 0.15) is 30.6 Å². The van der Waals surface area contributed by atoms with Gasteiger partial charge in [0.15, 0.2) is 54.2 Å². The number of esters is 7. The molecule has 0 spiro atoms. The van der Waals surface area contributed by atoms with Gasteiger partial charge in [-0.1, -0.05) is 41.7 Å². The van der Waals surface area contributed by atoms with Crippen LogP contribution in [-0.2, 0) is 85.7 Å². The highest BCUT2D eigenvalue weighted by molar-refractivity contribution is 7.16. The van der Waals surface area contributed by atoms with Crippen LogP contribution in [0.25, 0.3) is 4.96 Å². The number of ether oxygens (including phenoxy) is 11. The second kappa shape index (κ2) is 20.7. The van der Waals surface area contributed by atoms with Crippen molar-refractivity contribution in [2.45, 2.75) is 123 Å². The van der Waals surface area contributed by atoms with E-state index in [4.69, 9.17) is 52.1 Å². The van der Waals surface area contributed by atoms with E-state index in [0.717, 1.165) is 64.3 Å². The van der Waals surface area contributed by atoms with Gasteiger partial charge in [-0.3, -0.25) is 38.4 Å². The van der Waals surface area contributed by atoms with Gasteiger partial charge in [0.05, 0.1) is 6.61 Å². The fourth-order valence-electron chi connectivity index (χ4n) is 6.57. The molecular weight excluding hydrogens is 848 g/mol. The first-order valence-electron chi connectivity index (χ1n) is 18.9. The third-order valence-corrected chi connectivity index (χ3v) is 9.77. The number of benzene rings is 1. The first-order chi connectivity index (χ1) is 29.3. The van der Waals surface area contributed by atoms with Crippen molar-refractivity contribution in [2.75, 3.05) is 13.2 Å². The zero-order chi connectivity index (χ0) is 45.4. The lowest BCUT2D eigenvalue weighted by molar-refractivity contribution is -0.338. The van der Waals surface area contributed by atoms with Gasteiger partial charge in [-0.05, 0) is 12.5 Å². The molecule has 2 aliphatic heterocycles. The maximum atomic E-state index is 13.0. The van der Waals surface area contributed by atoms with Gasteiger partial charge >= 0.3 is 41.8 Å². The van der Waals surface area contributed by atoms with Crippen molar-refractivity contribution < 1.29 is 85.7 Å². The topological polar surface area (TPSA) is 281 Å². The smallest absolute Gasteiger partial charge is 0.303 e. The zero-order valence-corrected chi connectivity index (χ0v) is 35.4. The van der Waals surface area contributed by atoms with Gasteiger partial charge in [0, 0.05) is 48.5 Å². The SMILES string of the molecule is CC(=O)OC[C@H]1O[C@@H](OC[C@H]2O[C@@H](OC(c3ccccc3)c3nn4c(=O)c(C)nnc4s3)[C@H](OC(C)=O)[C@@H](OC(C)=O)[C@@H]2OC(C)=O)[C@H](OC(C)=O)[C@@H](OC(C)=O)[C@@H]1OC(C)=O. The van der Waals surface area contributed by atoms with Crippen molar-refractivity contribution in [1.29, 1.82) is 0 Å². The van der Waals surface area contributed by atoms with Crippen molar-refractivity contribution in [1.82, 2.24) is 19.8 Å². The van der Waals surface area contributed by atoms with Crippen molar-refractivity contribution in [3.8, 4) is 0 Å². The quantitative estimate of drug-likeness (QED) is 0.149. The van der Waals surface area contributed by atoms with E-state index in [1.807, 2.05) is 0 Å². The maximum Gasteiger partial charge on any atom is 0.303 e. The standard InChI is InChI=1S/C38H44N4O19S/c1-16-35(50)42-38(40-39-16)62-34(41-42)27(24-12-10-9-11-13-24)61-37-33(58-23(8)49)31(56-21(6)47)29(54-19(4)45)26(60-37)15-52-36-32(57-22(7)48)30(55-20(5)46)28(53-18(3)44)25(59-36)14-51-17(2)43/h9-13,25-33,36-37H,14-15H2,1-8H3/t25-,26-,27?,28-,29-,30+,31+,32-,33-,36-,37+/m1/s1. The molecule has 1 unspecified atom stereocenters. The fourth-order valence-corrected chi connectivity index (χ4v) is 7.47. The van der Waals surface area contributed by atoms with Gasteiger partial charge in [0.25, 0.3) is 5.56 Å². The molecule has 0 radical (unpaired) electrons. The molecule has 2 fully saturated rings. The van der Waals surface area contributed by atoms with Crippen LogP contribution in [0.5, 0.6) is 0 Å². The third-order valence-electron chi connectivity index (χ3n) is 8.83. The van der Waals surface area contributed by atoms with Crippen molar-refractivity contribution in [3.63, 3.8) is 0 Å². The second-order valence-corrected chi connectivity index (χ2v) is 14.8. The first kappa shape index (κ1) is 47.1. The predicted molar refractivity (Wildman–Crippen MR) is 202 cm³/mol. The largest absolute Gasteiger partial charge is 0.463 e. The number of hydrogen-bond donors (Lipinski definition) is 0. The lowest BCUT2D eigenvalue weighted by Gasteiger charge is -2.46. The molecule has 24 heteroatoms. The molecule has 1 aromatic carbocycles. The third kappa shape index (κ3) is 11.9. The number of aromatic nitrogens is 4. The number of rotatable bonds is 15. The number of fused-ring (bicyclic) bond motifs is 1. The first-order valence-corrected chi connectivity index (χ1v) is 19.7. The van der Waals surface area contributed by atoms with Gasteiger partial charge in [0.2, 0.25) is 4.96 Å². The van der Waals surface area contributed by atoms with E-state index < -0.39 is 128 Å². The minimum atomic E-state index is -1.72. The Morgan fingerprint density at radius 3 is 1.61 bits per heavy atom. The molecule has 5 rings (SSSR count). The van der Waals surface area contributed by atoms with Crippen LogP contribution in [0.2, 0.25) is 0 Å². The van der Waals surface area contributed by atoms with Gasteiger partial charge in [-0.2, -0.15) is 9.61 Å². The average molecular weight is 893 g/mol. The molecule has 62 heavy (non-hydrogen) atoms. The van der Waals surface area contributed by atoms with Gasteiger partial charge in [-0.15, -0.1) is 10.2 Å². The highest BCUT2D eigenvalue weighted by Gasteiger charge is 2.56. The maximum absolute atomic E-state index is 13.0. The Kier molecular flexibility index (Phi) is 15.8. The van der Waals surface area contributed by atoms with Crippen LogP contribution in [0, 0.1) is 6.92 Å². The molecule has 0 saturated carbocycles. The van der Waals surface area contributed by atoms with Crippen LogP contribution in [0.3, 0.4) is 0 Å². The summed E-state index contributed by atoms with van der Waals surface area (Å²) in [6.07, 6.45) is -17.2. The van der Waals surface area contributed by atoms with E-state index in [9.17, 15) is 38.4 Å². The van der Waals surface area contributed by atoms with Crippen LogP contribution in [0.4, 0.5) is 0 Å². The summed E-state index contributed by atoms with van der Waals surface area (Å²) in [6.45, 7) is 7.62. The summed E-state index contributed by atoms with van der Waals surface area (Å²) >= 11 is 0.950. The van der Waals surface area contributed by atoms with E-state index in [-0.39, 0.29) is 15.7 Å². The molecule has 3 aromatic rings. The molecule has 23 nitrogen and oxygen atoms in total. The molecule has 0 amide bonds. The molecule has 0 aliphatic carbocycles. The fraction of sp³-hybridized carbons (Fsp3) is 0.553. The van der Waals surface area contributed by atoms with Crippen LogP contribution in [0.1, 0.15) is 70.8 Å². The average Bonchev–Trinajstić information content (AvgIpc) is 3.62. The molecular formula is C38H44N4O19S. The molecule has 336 valence electrons. The number of carbonyl (C=O) groups is 7. The Hall–Kier alpha value is -5.95. The van der Waals surface area contributed by atoms with Crippen molar-refractivity contribution >= 4 is 58.1 Å². The molecule has 2 saturated heterocycles. The van der Waals surface area contributed by atoms with Crippen molar-refractivity contribution in [2.24, 2.45) is 0 Å². The highest BCUT2D eigenvalue weighted by atomic mass is 32.1. The Morgan fingerprint density at radius 2 is 1.10 bits per heavy atom. The van der Waals surface area contributed by atoms with E-state index in [1.54, 1.807) is 30.3 Å². The Morgan fingerprint density at radius 1 is 0.629 bits per heavy atom. The lowest BCUT2D eigenvalue weighted by Crippen LogP contribution is -2.65. The van der Waals surface area contributed by atoms with Crippen LogP contribution >= 0.6 is 11.3 Å². The monoisotopic (exact) mass is 892 g/mol. The van der Waals surface area contributed by atoms with E-state index in [0.29, 0.717) is 5.56 Å². The Balaban J connectivity index is 1.59. The predicted octanol–water partition coefficient (Wildman–Crippen LogP) is 0.580. The summed E-state index contributed by atoms with van der Waals surface area (Å²) < 4.78 is 64.7. The van der Waals surface area contributed by atoms with E-state index in [1.165, 1.54) is 6.92 Å².